The molecule has 1 N–H and O–H groups in total. The Balaban J connectivity index is 1.88. The van der Waals surface area contributed by atoms with Crippen LogP contribution in [0.5, 0.6) is 0 Å². The molecule has 22 heavy (non-hydrogen) atoms. The van der Waals surface area contributed by atoms with E-state index in [-0.39, 0.29) is 18.3 Å². The average molecular weight is 299 g/mol. The topological polar surface area (TPSA) is 72.7 Å². The number of nitrogens with one attached hydrogen (secondary N) is 1. The number of aromatic nitrogens is 1. The van der Waals surface area contributed by atoms with Crippen LogP contribution >= 0.6 is 0 Å². The predicted molar refractivity (Wildman–Crippen MR) is 82.6 cm³/mol. The lowest BCUT2D eigenvalue weighted by molar-refractivity contribution is -0.120. The fourth-order valence-electron chi connectivity index (χ4n) is 1.89. The molecule has 1 aromatic carbocycles. The van der Waals surface area contributed by atoms with Gasteiger partial charge in [-0.15, -0.1) is 0 Å². The van der Waals surface area contributed by atoms with Gasteiger partial charge in [-0.25, -0.2) is 10.2 Å². The predicted octanol–water partition coefficient (Wildman–Crippen LogP) is 1.50. The molecule has 0 fully saturated rings. The Hall–Kier alpha value is -2.89. The number of hydrogen-bond acceptors (Lipinski definition) is 4. The van der Waals surface area contributed by atoms with Crippen molar-refractivity contribution in [1.82, 2.24) is 9.99 Å². The van der Waals surface area contributed by atoms with Crippen LogP contribution in [0.1, 0.15) is 21.6 Å². The lowest BCUT2D eigenvalue weighted by atomic mass is 10.1. The number of carbonyl (C=O) groups excluding carboxylic acids is 2. The van der Waals surface area contributed by atoms with Crippen LogP contribution in [0.25, 0.3) is 0 Å². The summed E-state index contributed by atoms with van der Waals surface area (Å²) in [4.78, 5) is 23.0. The van der Waals surface area contributed by atoms with E-state index in [1.54, 1.807) is 24.3 Å². The van der Waals surface area contributed by atoms with Gasteiger partial charge < -0.3 is 9.30 Å². The highest BCUT2D eigenvalue weighted by molar-refractivity contribution is 5.90. The number of ether oxygens (including phenoxy) is 1. The molecular formula is C16H17N3O3. The van der Waals surface area contributed by atoms with Crippen molar-refractivity contribution in [1.29, 1.82) is 0 Å². The first-order chi connectivity index (χ1) is 10.6. The number of aryl methyl sites for hydroxylation is 1. The highest BCUT2D eigenvalue weighted by Gasteiger charge is 2.05. The number of hydrogen-bond donors (Lipinski definition) is 1. The summed E-state index contributed by atoms with van der Waals surface area (Å²) < 4.78 is 6.50. The highest BCUT2D eigenvalue weighted by atomic mass is 16.5. The first-order valence-corrected chi connectivity index (χ1v) is 6.70. The largest absolute Gasteiger partial charge is 0.465 e. The maximum absolute atomic E-state index is 11.7. The summed E-state index contributed by atoms with van der Waals surface area (Å²) >= 11 is 0. The normalized spacial score (nSPS) is 10.6. The van der Waals surface area contributed by atoms with Crippen molar-refractivity contribution < 1.29 is 14.3 Å². The lowest BCUT2D eigenvalue weighted by Gasteiger charge is -2.02. The molecule has 2 aromatic rings. The van der Waals surface area contributed by atoms with Crippen LogP contribution in [0.2, 0.25) is 0 Å². The number of esters is 1. The maximum Gasteiger partial charge on any atom is 0.337 e. The van der Waals surface area contributed by atoms with E-state index >= 15 is 0 Å². The SMILES string of the molecule is COC(=O)c1ccc(/C=N\NC(=O)Cc2cccn2C)cc1. The fourth-order valence-corrected chi connectivity index (χ4v) is 1.89. The van der Waals surface area contributed by atoms with E-state index < -0.39 is 0 Å². The summed E-state index contributed by atoms with van der Waals surface area (Å²) in [7, 11) is 3.22. The monoisotopic (exact) mass is 299 g/mol. The van der Waals surface area contributed by atoms with Crippen LogP contribution in [0.3, 0.4) is 0 Å². The molecule has 0 aliphatic carbocycles. The van der Waals surface area contributed by atoms with E-state index in [4.69, 9.17) is 0 Å². The van der Waals surface area contributed by atoms with Crippen molar-refractivity contribution >= 4 is 18.1 Å². The Kier molecular flexibility index (Phi) is 5.08. The molecule has 1 aromatic heterocycles. The van der Waals surface area contributed by atoms with E-state index in [0.717, 1.165) is 11.3 Å². The average Bonchev–Trinajstić information content (AvgIpc) is 2.92. The summed E-state index contributed by atoms with van der Waals surface area (Å²) in [6.07, 6.45) is 3.67. The molecule has 2 rings (SSSR count). The van der Waals surface area contributed by atoms with Crippen molar-refractivity contribution in [2.24, 2.45) is 12.1 Å². The van der Waals surface area contributed by atoms with Crippen LogP contribution in [-0.2, 0) is 23.0 Å². The number of carbonyl (C=O) groups is 2. The van der Waals surface area contributed by atoms with Crippen LogP contribution in [0.15, 0.2) is 47.7 Å². The van der Waals surface area contributed by atoms with Crippen molar-refractivity contribution in [2.45, 2.75) is 6.42 Å². The van der Waals surface area contributed by atoms with Gasteiger partial charge in [0.2, 0.25) is 5.91 Å². The highest BCUT2D eigenvalue weighted by Crippen LogP contribution is 2.04. The molecule has 1 heterocycles. The zero-order valence-corrected chi connectivity index (χ0v) is 12.4. The molecule has 0 radical (unpaired) electrons. The molecule has 0 aliphatic rings. The quantitative estimate of drug-likeness (QED) is 0.516. The van der Waals surface area contributed by atoms with Crippen LogP contribution in [0, 0.1) is 0 Å². The molecule has 1 amide bonds. The van der Waals surface area contributed by atoms with Crippen molar-refractivity contribution in [3.63, 3.8) is 0 Å². The Labute approximate surface area is 128 Å². The van der Waals surface area contributed by atoms with Crippen LogP contribution in [0.4, 0.5) is 0 Å². The van der Waals surface area contributed by atoms with Gasteiger partial charge in [-0.2, -0.15) is 5.10 Å². The van der Waals surface area contributed by atoms with Gasteiger partial charge in [0, 0.05) is 18.9 Å². The van der Waals surface area contributed by atoms with Gasteiger partial charge in [-0.05, 0) is 29.8 Å². The van der Waals surface area contributed by atoms with Crippen molar-refractivity contribution in [3.8, 4) is 0 Å². The third kappa shape index (κ3) is 4.05. The van der Waals surface area contributed by atoms with Crippen molar-refractivity contribution in [2.75, 3.05) is 7.11 Å². The number of benzene rings is 1. The van der Waals surface area contributed by atoms with Gasteiger partial charge >= 0.3 is 5.97 Å². The minimum Gasteiger partial charge on any atom is -0.465 e. The third-order valence-electron chi connectivity index (χ3n) is 3.13. The van der Waals surface area contributed by atoms with Crippen LogP contribution < -0.4 is 5.43 Å². The van der Waals surface area contributed by atoms with Gasteiger partial charge in [0.05, 0.1) is 25.3 Å². The second kappa shape index (κ2) is 7.21. The second-order valence-corrected chi connectivity index (χ2v) is 4.69. The minimum atomic E-state index is -0.389. The first kappa shape index (κ1) is 15.5. The third-order valence-corrected chi connectivity index (χ3v) is 3.13. The number of rotatable bonds is 5. The molecule has 6 heteroatoms. The van der Waals surface area contributed by atoms with Gasteiger partial charge in [-0.1, -0.05) is 12.1 Å². The molecule has 0 spiro atoms. The summed E-state index contributed by atoms with van der Waals surface area (Å²) in [5.41, 5.74) is 4.62. The minimum absolute atomic E-state index is 0.191. The summed E-state index contributed by atoms with van der Waals surface area (Å²) in [6.45, 7) is 0. The molecule has 0 unspecified atom stereocenters. The van der Waals surface area contributed by atoms with Crippen molar-refractivity contribution in [3.05, 3.63) is 59.4 Å². The van der Waals surface area contributed by atoms with Gasteiger partial charge in [0.1, 0.15) is 0 Å². The Bertz CT molecular complexity index is 687. The summed E-state index contributed by atoms with van der Waals surface area (Å²) in [5.74, 6) is -0.580. The smallest absolute Gasteiger partial charge is 0.337 e. The zero-order valence-electron chi connectivity index (χ0n) is 12.4. The Morgan fingerprint density at radius 2 is 2.00 bits per heavy atom. The summed E-state index contributed by atoms with van der Waals surface area (Å²) in [5, 5.41) is 3.90. The molecule has 114 valence electrons. The van der Waals surface area contributed by atoms with Gasteiger partial charge in [-0.3, -0.25) is 4.79 Å². The number of methoxy groups -OCH3 is 1. The van der Waals surface area contributed by atoms with E-state index in [1.165, 1.54) is 13.3 Å². The first-order valence-electron chi connectivity index (χ1n) is 6.70. The molecule has 6 nitrogen and oxygen atoms in total. The Morgan fingerprint density at radius 1 is 1.27 bits per heavy atom. The summed E-state index contributed by atoms with van der Waals surface area (Å²) in [6, 6.07) is 10.5. The molecule has 0 saturated heterocycles. The second-order valence-electron chi connectivity index (χ2n) is 4.69. The molecule has 0 aliphatic heterocycles. The molecule has 0 bridgehead atoms. The van der Waals surface area contributed by atoms with E-state index in [2.05, 4.69) is 15.3 Å². The zero-order chi connectivity index (χ0) is 15.9. The van der Waals surface area contributed by atoms with Gasteiger partial charge in [0.25, 0.3) is 0 Å². The number of nitrogens with zero attached hydrogens (tertiary/aromatic N) is 2. The Morgan fingerprint density at radius 3 is 2.59 bits per heavy atom. The lowest BCUT2D eigenvalue weighted by Crippen LogP contribution is -2.20. The standard InChI is InChI=1S/C16H17N3O3/c1-19-9-3-4-14(19)10-15(20)18-17-11-12-5-7-13(8-6-12)16(21)22-2/h3-9,11H,10H2,1-2H3,(H,18,20)/b17-11-. The molecular weight excluding hydrogens is 282 g/mol. The van der Waals surface area contributed by atoms with Crippen LogP contribution in [-0.4, -0.2) is 29.8 Å². The number of amides is 1. The fraction of sp³-hybridized carbons (Fsp3) is 0.188. The maximum atomic E-state index is 11.7. The van der Waals surface area contributed by atoms with E-state index in [9.17, 15) is 9.59 Å². The van der Waals surface area contributed by atoms with E-state index in [1.807, 2.05) is 29.9 Å². The van der Waals surface area contributed by atoms with E-state index in [0.29, 0.717) is 5.56 Å². The van der Waals surface area contributed by atoms with Gasteiger partial charge in [0.15, 0.2) is 0 Å². The molecule has 0 atom stereocenters. The molecule has 0 saturated carbocycles. The number of hydrazone groups is 1.